The van der Waals surface area contributed by atoms with Crippen LogP contribution in [0.5, 0.6) is 0 Å². The van der Waals surface area contributed by atoms with Crippen molar-refractivity contribution in [3.05, 3.63) is 51.8 Å². The first kappa shape index (κ1) is 13.4. The third-order valence-electron chi connectivity index (χ3n) is 2.65. The highest BCUT2D eigenvalue weighted by atomic mass is 16.6. The van der Waals surface area contributed by atoms with Crippen LogP contribution in [0.15, 0.2) is 30.5 Å². The summed E-state index contributed by atoms with van der Waals surface area (Å²) in [6.45, 7) is 0. The van der Waals surface area contributed by atoms with E-state index < -0.39 is 4.92 Å². The number of amides is 1. The molecule has 20 heavy (non-hydrogen) atoms. The normalized spacial score (nSPS) is 10.1. The number of aldehydes is 1. The molecule has 0 fully saturated rings. The molecule has 0 unspecified atom stereocenters. The predicted octanol–water partition coefficient (Wildman–Crippen LogP) is 0.953. The smallest absolute Gasteiger partial charge is 0.280 e. The van der Waals surface area contributed by atoms with Gasteiger partial charge in [-0.3, -0.25) is 19.7 Å². The summed E-state index contributed by atoms with van der Waals surface area (Å²) in [5, 5.41) is 17.2. The molecular formula is C12H10N4O4. The lowest BCUT2D eigenvalue weighted by atomic mass is 10.2. The topological polar surface area (TPSA) is 107 Å². The van der Waals surface area contributed by atoms with E-state index in [0.717, 1.165) is 0 Å². The van der Waals surface area contributed by atoms with Crippen LogP contribution in [0.2, 0.25) is 0 Å². The van der Waals surface area contributed by atoms with Crippen LogP contribution in [0.25, 0.3) is 5.69 Å². The molecule has 0 aliphatic rings. The van der Waals surface area contributed by atoms with Crippen molar-refractivity contribution in [3.63, 3.8) is 0 Å². The number of rotatable bonds is 4. The number of benzene rings is 1. The van der Waals surface area contributed by atoms with Gasteiger partial charge in [-0.25, -0.2) is 4.68 Å². The minimum Gasteiger partial charge on any atom is -0.354 e. The fourth-order valence-corrected chi connectivity index (χ4v) is 1.66. The summed E-state index contributed by atoms with van der Waals surface area (Å²) in [5.41, 5.74) is 0.332. The summed E-state index contributed by atoms with van der Waals surface area (Å²) in [5.74, 6) is -0.346. The monoisotopic (exact) mass is 274 g/mol. The molecule has 0 atom stereocenters. The number of nitro benzene ring substituents is 1. The molecule has 0 aliphatic carbocycles. The third kappa shape index (κ3) is 2.39. The first-order chi connectivity index (χ1) is 9.56. The van der Waals surface area contributed by atoms with Gasteiger partial charge in [0, 0.05) is 19.3 Å². The van der Waals surface area contributed by atoms with E-state index in [1.807, 2.05) is 0 Å². The zero-order valence-electron chi connectivity index (χ0n) is 10.4. The number of carbonyl (C=O) groups is 2. The maximum atomic E-state index is 11.4. The first-order valence-corrected chi connectivity index (χ1v) is 5.58. The van der Waals surface area contributed by atoms with E-state index in [4.69, 9.17) is 0 Å². The van der Waals surface area contributed by atoms with Gasteiger partial charge in [-0.1, -0.05) is 0 Å². The zero-order chi connectivity index (χ0) is 14.7. The minimum absolute atomic E-state index is 0.0514. The average Bonchev–Trinajstić information content (AvgIpc) is 2.95. The number of nitro groups is 1. The Balaban J connectivity index is 2.43. The van der Waals surface area contributed by atoms with Crippen LogP contribution < -0.4 is 5.32 Å². The fraction of sp³-hybridized carbons (Fsp3) is 0.0833. The molecule has 0 bridgehead atoms. The van der Waals surface area contributed by atoms with Gasteiger partial charge in [0.1, 0.15) is 0 Å². The highest BCUT2D eigenvalue weighted by molar-refractivity contribution is 5.92. The lowest BCUT2D eigenvalue weighted by Gasteiger charge is -2.02. The zero-order valence-corrected chi connectivity index (χ0v) is 10.4. The molecule has 0 spiro atoms. The molecule has 2 aromatic rings. The second-order valence-electron chi connectivity index (χ2n) is 3.84. The second kappa shape index (κ2) is 5.31. The van der Waals surface area contributed by atoms with E-state index in [2.05, 4.69) is 10.4 Å². The lowest BCUT2D eigenvalue weighted by Crippen LogP contribution is -2.18. The van der Waals surface area contributed by atoms with E-state index in [-0.39, 0.29) is 22.9 Å². The molecular weight excluding hydrogens is 264 g/mol. The third-order valence-corrected chi connectivity index (χ3v) is 2.65. The van der Waals surface area contributed by atoms with Gasteiger partial charge in [0.25, 0.3) is 11.6 Å². The second-order valence-corrected chi connectivity index (χ2v) is 3.84. The molecule has 102 valence electrons. The van der Waals surface area contributed by atoms with E-state index in [9.17, 15) is 19.7 Å². The van der Waals surface area contributed by atoms with Gasteiger partial charge in [0.15, 0.2) is 12.0 Å². The summed E-state index contributed by atoms with van der Waals surface area (Å²) in [6, 6.07) is 5.51. The summed E-state index contributed by atoms with van der Waals surface area (Å²) >= 11 is 0. The molecule has 1 aromatic heterocycles. The van der Waals surface area contributed by atoms with E-state index >= 15 is 0 Å². The molecule has 1 N–H and O–H groups in total. The van der Waals surface area contributed by atoms with Crippen molar-refractivity contribution >= 4 is 17.9 Å². The molecule has 1 aromatic carbocycles. The van der Waals surface area contributed by atoms with Crippen LogP contribution in [0.1, 0.15) is 20.8 Å². The average molecular weight is 274 g/mol. The maximum Gasteiger partial charge on any atom is 0.280 e. The fourth-order valence-electron chi connectivity index (χ4n) is 1.66. The number of aromatic nitrogens is 2. The lowest BCUT2D eigenvalue weighted by molar-refractivity contribution is -0.385. The van der Waals surface area contributed by atoms with Crippen LogP contribution in [-0.4, -0.2) is 33.9 Å². The summed E-state index contributed by atoms with van der Waals surface area (Å²) < 4.78 is 1.36. The molecule has 1 amide bonds. The highest BCUT2D eigenvalue weighted by Crippen LogP contribution is 2.20. The van der Waals surface area contributed by atoms with Gasteiger partial charge >= 0.3 is 0 Å². The summed E-state index contributed by atoms with van der Waals surface area (Å²) in [7, 11) is 1.48. The molecule has 0 saturated heterocycles. The van der Waals surface area contributed by atoms with Gasteiger partial charge in [0.05, 0.1) is 16.2 Å². The van der Waals surface area contributed by atoms with Crippen molar-refractivity contribution in [2.75, 3.05) is 7.05 Å². The Morgan fingerprint density at radius 3 is 2.80 bits per heavy atom. The standard InChI is InChI=1S/C12H10N4O4/c1-13-12(18)10-4-5-15(14-10)9-2-3-11(16(19)20)8(6-9)7-17/h2-7H,1H3,(H,13,18). The molecule has 0 saturated carbocycles. The van der Waals surface area contributed by atoms with Crippen molar-refractivity contribution in [2.24, 2.45) is 0 Å². The van der Waals surface area contributed by atoms with Crippen molar-refractivity contribution in [3.8, 4) is 5.69 Å². The highest BCUT2D eigenvalue weighted by Gasteiger charge is 2.15. The number of hydrogen-bond donors (Lipinski definition) is 1. The van der Waals surface area contributed by atoms with Crippen molar-refractivity contribution in [1.29, 1.82) is 0 Å². The van der Waals surface area contributed by atoms with Gasteiger partial charge < -0.3 is 5.32 Å². The van der Waals surface area contributed by atoms with E-state index in [1.54, 1.807) is 0 Å². The predicted molar refractivity (Wildman–Crippen MR) is 69.0 cm³/mol. The Bertz CT molecular complexity index is 693. The van der Waals surface area contributed by atoms with Gasteiger partial charge in [-0.15, -0.1) is 0 Å². The Hall–Kier alpha value is -3.03. The van der Waals surface area contributed by atoms with Gasteiger partial charge in [-0.2, -0.15) is 5.10 Å². The molecule has 8 heteroatoms. The molecule has 0 aliphatic heterocycles. The SMILES string of the molecule is CNC(=O)c1ccn(-c2ccc([N+](=O)[O-])c(C=O)c2)n1. The number of hydrogen-bond acceptors (Lipinski definition) is 5. The Kier molecular flexibility index (Phi) is 3.56. The van der Waals surface area contributed by atoms with E-state index in [0.29, 0.717) is 12.0 Å². The number of nitrogens with zero attached hydrogens (tertiary/aromatic N) is 3. The Morgan fingerprint density at radius 2 is 2.20 bits per heavy atom. The number of nitrogens with one attached hydrogen (secondary N) is 1. The van der Waals surface area contributed by atoms with Crippen LogP contribution in [0.3, 0.4) is 0 Å². The minimum atomic E-state index is -0.632. The van der Waals surface area contributed by atoms with Crippen LogP contribution in [0.4, 0.5) is 5.69 Å². The van der Waals surface area contributed by atoms with Gasteiger partial charge in [0.2, 0.25) is 0 Å². The summed E-state index contributed by atoms with van der Waals surface area (Å²) in [4.78, 5) is 32.4. The van der Waals surface area contributed by atoms with Crippen LogP contribution in [0, 0.1) is 10.1 Å². The Morgan fingerprint density at radius 1 is 1.45 bits per heavy atom. The van der Waals surface area contributed by atoms with Crippen LogP contribution >= 0.6 is 0 Å². The van der Waals surface area contributed by atoms with Crippen molar-refractivity contribution < 1.29 is 14.5 Å². The van der Waals surface area contributed by atoms with E-state index in [1.165, 1.54) is 42.2 Å². The van der Waals surface area contributed by atoms with Crippen LogP contribution in [-0.2, 0) is 0 Å². The Labute approximate surface area is 113 Å². The molecule has 1 heterocycles. The summed E-state index contributed by atoms with van der Waals surface area (Å²) in [6.07, 6.45) is 1.94. The number of carbonyl (C=O) groups excluding carboxylic acids is 2. The molecule has 2 rings (SSSR count). The van der Waals surface area contributed by atoms with Crippen molar-refractivity contribution in [2.45, 2.75) is 0 Å². The van der Waals surface area contributed by atoms with Gasteiger partial charge in [-0.05, 0) is 18.2 Å². The molecule has 0 radical (unpaired) electrons. The molecule has 8 nitrogen and oxygen atoms in total. The maximum absolute atomic E-state index is 11.4. The first-order valence-electron chi connectivity index (χ1n) is 5.58. The largest absolute Gasteiger partial charge is 0.354 e. The van der Waals surface area contributed by atoms with Crippen molar-refractivity contribution in [1.82, 2.24) is 15.1 Å². The quantitative estimate of drug-likeness (QED) is 0.507.